The summed E-state index contributed by atoms with van der Waals surface area (Å²) in [7, 11) is 0. The maximum Gasteiger partial charge on any atom is 0.334 e. The maximum absolute atomic E-state index is 14.6. The third kappa shape index (κ3) is 8.27. The molecule has 0 radical (unpaired) electrons. The lowest BCUT2D eigenvalue weighted by Crippen LogP contribution is -2.51. The van der Waals surface area contributed by atoms with Crippen LogP contribution in [0.25, 0.3) is 0 Å². The fraction of sp³-hybridized carbons (Fsp3) is 0.543. The highest BCUT2D eigenvalue weighted by Crippen LogP contribution is 2.50. The fourth-order valence-corrected chi connectivity index (χ4v) is 7.00. The molecule has 1 saturated carbocycles. The van der Waals surface area contributed by atoms with Crippen LogP contribution in [0.2, 0.25) is 10.0 Å². The Balaban J connectivity index is 1.74. The highest BCUT2D eigenvalue weighted by atomic mass is 35.5. The summed E-state index contributed by atoms with van der Waals surface area (Å²) in [6.07, 6.45) is 3.18. The number of aliphatic hydroxyl groups is 1. The Kier molecular flexibility index (Phi) is 10.4. The Morgan fingerprint density at radius 2 is 1.60 bits per heavy atom. The van der Waals surface area contributed by atoms with Gasteiger partial charge in [0.1, 0.15) is 11.4 Å². The van der Waals surface area contributed by atoms with E-state index in [-0.39, 0.29) is 22.8 Å². The molecule has 3 N–H and O–H groups in total. The summed E-state index contributed by atoms with van der Waals surface area (Å²) in [5.74, 6) is -1.56. The Hall–Kier alpha value is -2.94. The van der Waals surface area contributed by atoms with Crippen LogP contribution in [-0.2, 0) is 9.59 Å². The van der Waals surface area contributed by atoms with Crippen LogP contribution in [0.3, 0.4) is 0 Å². The summed E-state index contributed by atoms with van der Waals surface area (Å²) in [6.45, 7) is 12.9. The van der Waals surface area contributed by atoms with E-state index in [0.717, 1.165) is 37.7 Å². The number of aliphatic hydroxyl groups excluding tert-OH is 1. The van der Waals surface area contributed by atoms with Crippen molar-refractivity contribution in [2.24, 2.45) is 21.7 Å². The molecule has 1 spiro atoms. The Labute approximate surface area is 276 Å². The Morgan fingerprint density at radius 1 is 1.02 bits per heavy atom. The van der Waals surface area contributed by atoms with Crippen LogP contribution in [0.15, 0.2) is 47.5 Å². The largest absolute Gasteiger partial charge is 0.479 e. The van der Waals surface area contributed by atoms with Gasteiger partial charge in [0, 0.05) is 21.2 Å². The third-order valence-electron chi connectivity index (χ3n) is 9.11. The van der Waals surface area contributed by atoms with E-state index >= 15 is 0 Å². The third-order valence-corrected chi connectivity index (χ3v) is 9.55. The van der Waals surface area contributed by atoms with Gasteiger partial charge < -0.3 is 20.4 Å². The van der Waals surface area contributed by atoms with Crippen molar-refractivity contribution in [2.45, 2.75) is 97.9 Å². The lowest BCUT2D eigenvalue weighted by atomic mass is 9.69. The SMILES string of the molecule is CC(C)(C)CC[C@H](c1ccc(C(=O)NC[C@H](O)C(=O)O)cc1)N1C(=O)C(c2cc(Cl)cc(Cl)c2)=NC12CCC(C(C)(C)C)CC2. The first-order valence-corrected chi connectivity index (χ1v) is 16.3. The number of hydrogen-bond donors (Lipinski definition) is 3. The van der Waals surface area contributed by atoms with Gasteiger partial charge in [0.15, 0.2) is 6.10 Å². The predicted molar refractivity (Wildman–Crippen MR) is 178 cm³/mol. The maximum atomic E-state index is 14.6. The lowest BCUT2D eigenvalue weighted by molar-refractivity contribution is -0.146. The van der Waals surface area contributed by atoms with E-state index in [9.17, 15) is 19.5 Å². The van der Waals surface area contributed by atoms with Gasteiger partial charge in [-0.1, -0.05) is 76.9 Å². The van der Waals surface area contributed by atoms with Crippen molar-refractivity contribution in [3.63, 3.8) is 0 Å². The number of benzene rings is 2. The second-order valence-corrected chi connectivity index (χ2v) is 15.6. The van der Waals surface area contributed by atoms with Gasteiger partial charge in [-0.05, 0) is 91.2 Å². The molecule has 1 aliphatic carbocycles. The van der Waals surface area contributed by atoms with Gasteiger partial charge in [0.2, 0.25) is 0 Å². The number of carboxylic acid groups (broad SMARTS) is 1. The van der Waals surface area contributed by atoms with Gasteiger partial charge >= 0.3 is 5.97 Å². The zero-order valence-electron chi connectivity index (χ0n) is 27.0. The first-order valence-electron chi connectivity index (χ1n) is 15.6. The number of halogens is 2. The first-order chi connectivity index (χ1) is 20.9. The van der Waals surface area contributed by atoms with Crippen LogP contribution >= 0.6 is 23.2 Å². The van der Waals surface area contributed by atoms with Crippen molar-refractivity contribution < 1.29 is 24.6 Å². The molecule has 244 valence electrons. The van der Waals surface area contributed by atoms with Gasteiger partial charge in [0.05, 0.1) is 12.6 Å². The topological polar surface area (TPSA) is 119 Å². The summed E-state index contributed by atoms with van der Waals surface area (Å²) >= 11 is 12.7. The molecule has 0 bridgehead atoms. The van der Waals surface area contributed by atoms with Crippen molar-refractivity contribution in [1.82, 2.24) is 10.2 Å². The number of carbonyl (C=O) groups is 3. The molecule has 2 aromatic carbocycles. The highest BCUT2D eigenvalue weighted by Gasteiger charge is 2.52. The molecule has 1 aliphatic heterocycles. The van der Waals surface area contributed by atoms with Gasteiger partial charge in [0.25, 0.3) is 11.8 Å². The van der Waals surface area contributed by atoms with Gasteiger partial charge in [-0.15, -0.1) is 0 Å². The number of nitrogens with zero attached hydrogens (tertiary/aromatic N) is 2. The van der Waals surface area contributed by atoms with E-state index in [1.807, 2.05) is 17.0 Å². The molecule has 8 nitrogen and oxygen atoms in total. The molecule has 1 heterocycles. The molecule has 10 heteroatoms. The molecular formula is C35H45Cl2N3O5. The molecule has 4 rings (SSSR count). The summed E-state index contributed by atoms with van der Waals surface area (Å²) in [5, 5.41) is 21.8. The van der Waals surface area contributed by atoms with Crippen molar-refractivity contribution in [3.8, 4) is 0 Å². The molecule has 0 aromatic heterocycles. The standard InChI is InChI=1S/C35H45Cl2N3O5/c1-33(2,3)14-13-27(21-7-9-22(10-8-21)30(42)38-20-28(41)32(44)45)40-31(43)29(23-17-25(36)19-26(37)18-23)39-35(40)15-11-24(12-16-35)34(4,5)6/h7-10,17-19,24,27-28,41H,11-16,20H2,1-6H3,(H,38,42)(H,44,45)/t24?,27-,28+,35?/m1/s1. The zero-order chi connectivity index (χ0) is 33.3. The van der Waals surface area contributed by atoms with Crippen molar-refractivity contribution >= 4 is 46.7 Å². The molecule has 2 aromatic rings. The quantitative estimate of drug-likeness (QED) is 0.261. The summed E-state index contributed by atoms with van der Waals surface area (Å²) in [5.41, 5.74) is 1.59. The number of rotatable bonds is 9. The molecule has 2 amide bonds. The number of nitrogens with one attached hydrogen (secondary N) is 1. The van der Waals surface area contributed by atoms with E-state index in [2.05, 4.69) is 46.9 Å². The van der Waals surface area contributed by atoms with Crippen molar-refractivity contribution in [2.75, 3.05) is 6.54 Å². The van der Waals surface area contributed by atoms with Crippen LogP contribution in [0, 0.1) is 16.7 Å². The molecule has 2 atom stereocenters. The second kappa shape index (κ2) is 13.4. The van der Waals surface area contributed by atoms with E-state index in [4.69, 9.17) is 33.3 Å². The minimum atomic E-state index is -1.69. The Morgan fingerprint density at radius 3 is 2.11 bits per heavy atom. The molecule has 2 aliphatic rings. The molecule has 45 heavy (non-hydrogen) atoms. The number of aliphatic carboxylic acids is 1. The second-order valence-electron chi connectivity index (χ2n) is 14.7. The fourth-order valence-electron chi connectivity index (χ4n) is 6.47. The summed E-state index contributed by atoms with van der Waals surface area (Å²) in [6, 6.07) is 11.8. The number of carbonyl (C=O) groups excluding carboxylic acids is 2. The van der Waals surface area contributed by atoms with Gasteiger partial charge in [-0.3, -0.25) is 14.6 Å². The Bertz CT molecular complexity index is 1430. The van der Waals surface area contributed by atoms with Crippen LogP contribution in [0.5, 0.6) is 0 Å². The number of aliphatic imine (C=N–C) groups is 1. The van der Waals surface area contributed by atoms with E-state index < -0.39 is 30.2 Å². The zero-order valence-corrected chi connectivity index (χ0v) is 28.5. The normalized spacial score (nSPS) is 21.9. The van der Waals surface area contributed by atoms with Crippen LogP contribution in [0.4, 0.5) is 0 Å². The monoisotopic (exact) mass is 657 g/mol. The van der Waals surface area contributed by atoms with E-state index in [0.29, 0.717) is 39.2 Å². The minimum absolute atomic E-state index is 0.00699. The minimum Gasteiger partial charge on any atom is -0.479 e. The molecule has 0 unspecified atom stereocenters. The predicted octanol–water partition coefficient (Wildman–Crippen LogP) is 7.30. The van der Waals surface area contributed by atoms with Crippen LogP contribution in [0.1, 0.15) is 108 Å². The van der Waals surface area contributed by atoms with Crippen LogP contribution in [-0.4, -0.2) is 56.9 Å². The summed E-state index contributed by atoms with van der Waals surface area (Å²) < 4.78 is 0. The molecule has 1 fully saturated rings. The molecule has 0 saturated heterocycles. The number of hydrogen-bond acceptors (Lipinski definition) is 5. The smallest absolute Gasteiger partial charge is 0.334 e. The van der Waals surface area contributed by atoms with Crippen molar-refractivity contribution in [3.05, 3.63) is 69.2 Å². The van der Waals surface area contributed by atoms with Gasteiger partial charge in [-0.25, -0.2) is 4.79 Å². The van der Waals surface area contributed by atoms with Crippen molar-refractivity contribution in [1.29, 1.82) is 0 Å². The lowest BCUT2D eigenvalue weighted by Gasteiger charge is -2.47. The number of carboxylic acids is 1. The van der Waals surface area contributed by atoms with E-state index in [1.165, 1.54) is 0 Å². The highest BCUT2D eigenvalue weighted by molar-refractivity contribution is 6.47. The average Bonchev–Trinajstić information content (AvgIpc) is 3.21. The average molecular weight is 659 g/mol. The van der Waals surface area contributed by atoms with E-state index in [1.54, 1.807) is 30.3 Å². The summed E-state index contributed by atoms with van der Waals surface area (Å²) in [4.78, 5) is 45.4. The molecular weight excluding hydrogens is 613 g/mol. The van der Waals surface area contributed by atoms with Crippen LogP contribution < -0.4 is 5.32 Å². The van der Waals surface area contributed by atoms with Gasteiger partial charge in [-0.2, -0.15) is 0 Å². The first kappa shape index (κ1) is 34.9. The number of amides is 2.